The smallest absolute Gasteiger partial charge is 0.222 e. The zero-order chi connectivity index (χ0) is 19.0. The van der Waals surface area contributed by atoms with Gasteiger partial charge in [-0.05, 0) is 38.5 Å². The molecule has 0 saturated carbocycles. The predicted molar refractivity (Wildman–Crippen MR) is 101 cm³/mol. The zero-order valence-corrected chi connectivity index (χ0v) is 16.1. The predicted octanol–water partition coefficient (Wildman–Crippen LogP) is 1.61. The van der Waals surface area contributed by atoms with Crippen molar-refractivity contribution in [2.75, 3.05) is 33.4 Å². The molecule has 1 rings (SSSR count). The highest BCUT2D eigenvalue weighted by Crippen LogP contribution is 2.19. The quantitative estimate of drug-likeness (QED) is 0.339. The van der Waals surface area contributed by atoms with Gasteiger partial charge in [0.25, 0.3) is 0 Å². The number of likely N-dealkylation sites (tertiary alicyclic amines) is 1. The van der Waals surface area contributed by atoms with Crippen LogP contribution in [0.4, 0.5) is 0 Å². The zero-order valence-electron chi connectivity index (χ0n) is 16.1. The molecule has 7 nitrogen and oxygen atoms in total. The van der Waals surface area contributed by atoms with Crippen LogP contribution in [0.15, 0.2) is 0 Å². The second-order valence-corrected chi connectivity index (χ2v) is 6.88. The summed E-state index contributed by atoms with van der Waals surface area (Å²) in [5.41, 5.74) is 0. The van der Waals surface area contributed by atoms with Gasteiger partial charge in [0.1, 0.15) is 0 Å². The van der Waals surface area contributed by atoms with Crippen molar-refractivity contribution in [3.05, 3.63) is 0 Å². The molecule has 7 heteroatoms. The highest BCUT2D eigenvalue weighted by atomic mass is 16.5. The van der Waals surface area contributed by atoms with Gasteiger partial charge in [0.05, 0.1) is 12.6 Å². The Kier molecular flexibility index (Phi) is 12.5. The Balaban J connectivity index is 1.96. The topological polar surface area (TPSA) is 87.7 Å². The molecule has 0 aliphatic carbocycles. The lowest BCUT2D eigenvalue weighted by Crippen LogP contribution is -2.37. The van der Waals surface area contributed by atoms with Crippen molar-refractivity contribution in [2.24, 2.45) is 0 Å². The van der Waals surface area contributed by atoms with Crippen molar-refractivity contribution in [3.8, 4) is 0 Å². The third kappa shape index (κ3) is 9.75. The second-order valence-electron chi connectivity index (χ2n) is 6.88. The van der Waals surface area contributed by atoms with Crippen molar-refractivity contribution in [1.29, 1.82) is 0 Å². The lowest BCUT2D eigenvalue weighted by atomic mass is 10.1. The SMILES string of the molecule is COCC1CCCN1C(=O)CCCCCNC(=O)CCCCCNC=O. The van der Waals surface area contributed by atoms with E-state index >= 15 is 0 Å². The molecule has 0 bridgehead atoms. The van der Waals surface area contributed by atoms with Gasteiger partial charge in [-0.3, -0.25) is 14.4 Å². The van der Waals surface area contributed by atoms with Crippen molar-refractivity contribution in [2.45, 2.75) is 70.3 Å². The van der Waals surface area contributed by atoms with Gasteiger partial charge in [0.2, 0.25) is 18.2 Å². The number of amides is 3. The molecule has 1 unspecified atom stereocenters. The van der Waals surface area contributed by atoms with Crippen LogP contribution in [0.1, 0.15) is 64.2 Å². The molecule has 1 saturated heterocycles. The molecule has 0 aromatic carbocycles. The van der Waals surface area contributed by atoms with E-state index in [-0.39, 0.29) is 17.9 Å². The van der Waals surface area contributed by atoms with Crippen LogP contribution >= 0.6 is 0 Å². The first-order chi connectivity index (χ1) is 12.7. The van der Waals surface area contributed by atoms with Crippen LogP contribution < -0.4 is 10.6 Å². The van der Waals surface area contributed by atoms with E-state index < -0.39 is 0 Å². The summed E-state index contributed by atoms with van der Waals surface area (Å²) in [6.45, 7) is 2.84. The maximum atomic E-state index is 12.3. The summed E-state index contributed by atoms with van der Waals surface area (Å²) in [6.07, 6.45) is 9.35. The molecule has 1 heterocycles. The summed E-state index contributed by atoms with van der Waals surface area (Å²) < 4.78 is 5.19. The van der Waals surface area contributed by atoms with Crippen LogP contribution in [-0.4, -0.2) is 62.5 Å². The molecule has 0 aromatic rings. The minimum absolute atomic E-state index is 0.0869. The molecule has 0 spiro atoms. The Morgan fingerprint density at radius 2 is 1.81 bits per heavy atom. The highest BCUT2D eigenvalue weighted by molar-refractivity contribution is 5.77. The minimum atomic E-state index is 0.0869. The van der Waals surface area contributed by atoms with Crippen LogP contribution in [-0.2, 0) is 19.1 Å². The van der Waals surface area contributed by atoms with Crippen LogP contribution in [0, 0.1) is 0 Å². The van der Waals surface area contributed by atoms with Gasteiger partial charge in [-0.25, -0.2) is 0 Å². The first kappa shape index (κ1) is 22.4. The van der Waals surface area contributed by atoms with Gasteiger partial charge in [0.15, 0.2) is 0 Å². The Morgan fingerprint density at radius 1 is 1.08 bits per heavy atom. The van der Waals surface area contributed by atoms with Gasteiger partial charge in [0, 0.05) is 39.6 Å². The average Bonchev–Trinajstić information content (AvgIpc) is 3.09. The molecule has 1 atom stereocenters. The number of ether oxygens (including phenoxy) is 1. The number of rotatable bonds is 15. The number of carbonyl (C=O) groups excluding carboxylic acids is 3. The summed E-state index contributed by atoms with van der Waals surface area (Å²) in [4.78, 5) is 36.0. The van der Waals surface area contributed by atoms with Crippen molar-refractivity contribution in [1.82, 2.24) is 15.5 Å². The fourth-order valence-electron chi connectivity index (χ4n) is 3.32. The van der Waals surface area contributed by atoms with Gasteiger partial charge < -0.3 is 20.3 Å². The maximum absolute atomic E-state index is 12.3. The largest absolute Gasteiger partial charge is 0.383 e. The summed E-state index contributed by atoms with van der Waals surface area (Å²) in [5, 5.41) is 5.54. The Hall–Kier alpha value is -1.63. The average molecular weight is 370 g/mol. The Bertz CT molecular complexity index is 418. The molecular formula is C19H35N3O4. The van der Waals surface area contributed by atoms with Gasteiger partial charge >= 0.3 is 0 Å². The number of nitrogens with zero attached hydrogens (tertiary/aromatic N) is 1. The summed E-state index contributed by atoms with van der Waals surface area (Å²) in [7, 11) is 1.68. The Labute approximate surface area is 157 Å². The fourth-order valence-corrected chi connectivity index (χ4v) is 3.32. The van der Waals surface area contributed by atoms with Crippen LogP contribution in [0.25, 0.3) is 0 Å². The van der Waals surface area contributed by atoms with E-state index in [1.165, 1.54) is 0 Å². The lowest BCUT2D eigenvalue weighted by molar-refractivity contribution is -0.133. The van der Waals surface area contributed by atoms with E-state index in [4.69, 9.17) is 4.74 Å². The minimum Gasteiger partial charge on any atom is -0.383 e. The van der Waals surface area contributed by atoms with E-state index in [1.807, 2.05) is 4.90 Å². The number of unbranched alkanes of at least 4 members (excludes halogenated alkanes) is 4. The van der Waals surface area contributed by atoms with Crippen molar-refractivity contribution in [3.63, 3.8) is 0 Å². The standard InChI is InChI=1S/C19H35N3O4/c1-26-15-17-9-8-14-22(17)19(25)11-5-3-7-13-21-18(24)10-4-2-6-12-20-16-23/h16-17H,2-15H2,1H3,(H,20,23)(H,21,24). The molecule has 150 valence electrons. The number of methoxy groups -OCH3 is 1. The molecule has 1 aliphatic rings. The first-order valence-electron chi connectivity index (χ1n) is 9.91. The van der Waals surface area contributed by atoms with Gasteiger partial charge in [-0.2, -0.15) is 0 Å². The lowest BCUT2D eigenvalue weighted by Gasteiger charge is -2.24. The Morgan fingerprint density at radius 3 is 2.54 bits per heavy atom. The molecular weight excluding hydrogens is 334 g/mol. The van der Waals surface area contributed by atoms with E-state index in [0.717, 1.165) is 57.9 Å². The first-order valence-corrected chi connectivity index (χ1v) is 9.91. The number of nitrogens with one attached hydrogen (secondary N) is 2. The third-order valence-electron chi connectivity index (χ3n) is 4.75. The summed E-state index contributed by atoms with van der Waals surface area (Å²) >= 11 is 0. The van der Waals surface area contributed by atoms with E-state index in [1.54, 1.807) is 7.11 Å². The molecule has 1 aliphatic heterocycles. The maximum Gasteiger partial charge on any atom is 0.222 e. The molecule has 1 fully saturated rings. The number of carbonyl (C=O) groups is 3. The molecule has 0 aromatic heterocycles. The number of hydrogen-bond acceptors (Lipinski definition) is 4. The van der Waals surface area contributed by atoms with E-state index in [0.29, 0.717) is 38.9 Å². The van der Waals surface area contributed by atoms with E-state index in [9.17, 15) is 14.4 Å². The molecule has 3 amide bonds. The van der Waals surface area contributed by atoms with Crippen LogP contribution in [0.2, 0.25) is 0 Å². The second kappa shape index (κ2) is 14.5. The molecule has 26 heavy (non-hydrogen) atoms. The molecule has 2 N–H and O–H groups in total. The van der Waals surface area contributed by atoms with Crippen molar-refractivity contribution >= 4 is 18.2 Å². The normalized spacial score (nSPS) is 16.5. The fraction of sp³-hybridized carbons (Fsp3) is 0.842. The monoisotopic (exact) mass is 369 g/mol. The van der Waals surface area contributed by atoms with Gasteiger partial charge in [-0.1, -0.05) is 12.8 Å². The molecule has 0 radical (unpaired) electrons. The third-order valence-corrected chi connectivity index (χ3v) is 4.75. The van der Waals surface area contributed by atoms with Gasteiger partial charge in [-0.15, -0.1) is 0 Å². The number of hydrogen-bond donors (Lipinski definition) is 2. The summed E-state index contributed by atoms with van der Waals surface area (Å²) in [6, 6.07) is 0.251. The van der Waals surface area contributed by atoms with Crippen molar-refractivity contribution < 1.29 is 19.1 Å². The van der Waals surface area contributed by atoms with Crippen LogP contribution in [0.3, 0.4) is 0 Å². The highest BCUT2D eigenvalue weighted by Gasteiger charge is 2.27. The van der Waals surface area contributed by atoms with Crippen LogP contribution in [0.5, 0.6) is 0 Å². The summed E-state index contributed by atoms with van der Waals surface area (Å²) in [5.74, 6) is 0.321. The van der Waals surface area contributed by atoms with E-state index in [2.05, 4.69) is 10.6 Å².